The van der Waals surface area contributed by atoms with Gasteiger partial charge in [0, 0.05) is 24.4 Å². The molecule has 1 aliphatic rings. The van der Waals surface area contributed by atoms with Crippen LogP contribution in [0.5, 0.6) is 11.5 Å². The fraction of sp³-hybridized carbons (Fsp3) is 0.211. The van der Waals surface area contributed by atoms with Crippen LogP contribution < -0.4 is 9.47 Å². The number of hydrogen-bond acceptors (Lipinski definition) is 6. The molecule has 134 valence electrons. The Bertz CT molecular complexity index is 866. The van der Waals surface area contributed by atoms with Crippen LogP contribution in [0.15, 0.2) is 52.5 Å². The van der Waals surface area contributed by atoms with E-state index in [1.807, 2.05) is 37.3 Å². The summed E-state index contributed by atoms with van der Waals surface area (Å²) >= 11 is 1.33. The first-order valence-corrected chi connectivity index (χ1v) is 8.91. The van der Waals surface area contributed by atoms with E-state index < -0.39 is 0 Å². The summed E-state index contributed by atoms with van der Waals surface area (Å²) in [5.41, 5.74) is 0.805. The highest BCUT2D eigenvalue weighted by molar-refractivity contribution is 8.18. The molecule has 0 radical (unpaired) electrons. The smallest absolute Gasteiger partial charge is 0.266 e. The number of benzene rings is 1. The zero-order chi connectivity index (χ0) is 18.5. The molecule has 0 N–H and O–H groups in total. The zero-order valence-corrected chi connectivity index (χ0v) is 15.6. The van der Waals surface area contributed by atoms with Gasteiger partial charge in [-0.1, -0.05) is 6.07 Å². The van der Waals surface area contributed by atoms with Crippen molar-refractivity contribution in [3.8, 4) is 11.5 Å². The number of aliphatic imine (C=N–C) groups is 1. The molecule has 0 saturated carbocycles. The third-order valence-electron chi connectivity index (χ3n) is 3.79. The highest BCUT2D eigenvalue weighted by Gasteiger charge is 2.32. The second-order valence-corrected chi connectivity index (χ2v) is 6.36. The molecule has 26 heavy (non-hydrogen) atoms. The van der Waals surface area contributed by atoms with E-state index in [0.717, 1.165) is 5.56 Å². The second kappa shape index (κ2) is 8.05. The molecule has 1 fully saturated rings. The van der Waals surface area contributed by atoms with Gasteiger partial charge in [-0.25, -0.2) is 9.98 Å². The van der Waals surface area contributed by atoms with Crippen molar-refractivity contribution in [3.63, 3.8) is 0 Å². The number of carbonyl (C=O) groups is 1. The Morgan fingerprint density at radius 2 is 2.08 bits per heavy atom. The normalized spacial score (nSPS) is 17.2. The first kappa shape index (κ1) is 18.0. The van der Waals surface area contributed by atoms with Gasteiger partial charge in [-0.05, 0) is 49.0 Å². The van der Waals surface area contributed by atoms with Crippen LogP contribution in [0.4, 0.5) is 5.82 Å². The number of rotatable bonds is 5. The van der Waals surface area contributed by atoms with Gasteiger partial charge in [0.15, 0.2) is 11.0 Å². The van der Waals surface area contributed by atoms with Crippen molar-refractivity contribution < 1.29 is 14.3 Å². The van der Waals surface area contributed by atoms with Crippen LogP contribution in [0.25, 0.3) is 6.08 Å². The van der Waals surface area contributed by atoms with Gasteiger partial charge in [-0.2, -0.15) is 0 Å². The first-order valence-electron chi connectivity index (χ1n) is 8.09. The lowest BCUT2D eigenvalue weighted by atomic mass is 10.1. The number of hydrogen-bond donors (Lipinski definition) is 0. The van der Waals surface area contributed by atoms with E-state index in [1.54, 1.807) is 37.4 Å². The van der Waals surface area contributed by atoms with Crippen LogP contribution in [0, 0.1) is 0 Å². The first-order chi connectivity index (χ1) is 12.7. The lowest BCUT2D eigenvalue weighted by Gasteiger charge is -2.11. The van der Waals surface area contributed by atoms with Gasteiger partial charge in [-0.3, -0.25) is 9.69 Å². The topological polar surface area (TPSA) is 64.0 Å². The minimum atomic E-state index is -0.0787. The number of methoxy groups -OCH3 is 2. The quantitative estimate of drug-likeness (QED) is 0.752. The molecule has 6 nitrogen and oxygen atoms in total. The summed E-state index contributed by atoms with van der Waals surface area (Å²) in [4.78, 5) is 23.7. The Kier molecular flexibility index (Phi) is 5.58. The Morgan fingerprint density at radius 1 is 1.23 bits per heavy atom. The van der Waals surface area contributed by atoms with Gasteiger partial charge in [-0.15, -0.1) is 0 Å². The maximum atomic E-state index is 12.7. The van der Waals surface area contributed by atoms with Crippen LogP contribution in [0.3, 0.4) is 0 Å². The number of amides is 1. The molecule has 0 bridgehead atoms. The number of likely N-dealkylation sites (N-methyl/N-ethyl adjacent to an activating group) is 1. The molecule has 2 heterocycles. The van der Waals surface area contributed by atoms with Crippen LogP contribution in [0.1, 0.15) is 12.5 Å². The standard InChI is InChI=1S/C19H19N3O3S/c1-4-22-18(23)16(26-19(22)21-17-7-5-6-10-20-17)11-13-8-9-14(24-2)12-15(13)25-3/h5-12H,4H2,1-3H3/b16-11-,21-19+. The SMILES string of the molecule is CCN1C(=O)/C(=C/c2ccc(OC)cc2OC)S/C1=N/c1ccccn1. The van der Waals surface area contributed by atoms with E-state index >= 15 is 0 Å². The average Bonchev–Trinajstić information content (AvgIpc) is 2.97. The largest absolute Gasteiger partial charge is 0.497 e. The Morgan fingerprint density at radius 3 is 2.73 bits per heavy atom. The number of pyridine rings is 1. The van der Waals surface area contributed by atoms with Crippen molar-refractivity contribution in [1.29, 1.82) is 0 Å². The molecule has 0 spiro atoms. The van der Waals surface area contributed by atoms with Gasteiger partial charge in [0.25, 0.3) is 5.91 Å². The number of thioether (sulfide) groups is 1. The molecule has 1 amide bonds. The average molecular weight is 369 g/mol. The summed E-state index contributed by atoms with van der Waals surface area (Å²) in [6.07, 6.45) is 3.49. The van der Waals surface area contributed by atoms with Crippen molar-refractivity contribution in [2.75, 3.05) is 20.8 Å². The van der Waals surface area contributed by atoms with E-state index in [0.29, 0.717) is 33.9 Å². The molecule has 7 heteroatoms. The van der Waals surface area contributed by atoms with E-state index in [-0.39, 0.29) is 5.91 Å². The number of nitrogens with zero attached hydrogens (tertiary/aromatic N) is 3. The molecule has 1 aromatic carbocycles. The van der Waals surface area contributed by atoms with Crippen molar-refractivity contribution in [1.82, 2.24) is 9.88 Å². The number of aromatic nitrogens is 1. The summed E-state index contributed by atoms with van der Waals surface area (Å²) < 4.78 is 10.6. The Labute approximate surface area is 156 Å². The number of ether oxygens (including phenoxy) is 2. The minimum Gasteiger partial charge on any atom is -0.497 e. The minimum absolute atomic E-state index is 0.0787. The van der Waals surface area contributed by atoms with E-state index in [2.05, 4.69) is 9.98 Å². The molecule has 1 saturated heterocycles. The van der Waals surface area contributed by atoms with Crippen LogP contribution >= 0.6 is 11.8 Å². The van der Waals surface area contributed by atoms with Crippen molar-refractivity contribution in [2.45, 2.75) is 6.92 Å². The summed E-state index contributed by atoms with van der Waals surface area (Å²) in [6.45, 7) is 2.46. The van der Waals surface area contributed by atoms with Gasteiger partial charge in [0.1, 0.15) is 11.5 Å². The molecule has 3 rings (SSSR count). The number of carbonyl (C=O) groups excluding carboxylic acids is 1. The third-order valence-corrected chi connectivity index (χ3v) is 4.80. The predicted molar refractivity (Wildman–Crippen MR) is 104 cm³/mol. The summed E-state index contributed by atoms with van der Waals surface area (Å²) in [7, 11) is 3.19. The molecular weight excluding hydrogens is 350 g/mol. The second-order valence-electron chi connectivity index (χ2n) is 5.35. The van der Waals surface area contributed by atoms with Crippen molar-refractivity contribution >= 4 is 34.7 Å². The molecule has 1 aromatic heterocycles. The molecule has 2 aromatic rings. The fourth-order valence-electron chi connectivity index (χ4n) is 2.47. The molecular formula is C19H19N3O3S. The van der Waals surface area contributed by atoms with E-state index in [1.165, 1.54) is 11.8 Å². The van der Waals surface area contributed by atoms with Gasteiger partial charge in [0.2, 0.25) is 0 Å². The molecule has 0 atom stereocenters. The zero-order valence-electron chi connectivity index (χ0n) is 14.8. The summed E-state index contributed by atoms with van der Waals surface area (Å²) in [6, 6.07) is 11.0. The maximum Gasteiger partial charge on any atom is 0.266 e. The van der Waals surface area contributed by atoms with E-state index in [4.69, 9.17) is 9.47 Å². The number of amidine groups is 1. The maximum absolute atomic E-state index is 12.7. The lowest BCUT2D eigenvalue weighted by Crippen LogP contribution is -2.28. The molecule has 1 aliphatic heterocycles. The van der Waals surface area contributed by atoms with Gasteiger partial charge < -0.3 is 9.47 Å². The molecule has 0 unspecified atom stereocenters. The monoisotopic (exact) mass is 369 g/mol. The molecule has 0 aliphatic carbocycles. The third kappa shape index (κ3) is 3.72. The predicted octanol–water partition coefficient (Wildman–Crippen LogP) is 3.72. The fourth-order valence-corrected chi connectivity index (χ4v) is 3.51. The summed E-state index contributed by atoms with van der Waals surface area (Å²) in [5.74, 6) is 1.83. The van der Waals surface area contributed by atoms with Gasteiger partial charge in [0.05, 0.1) is 19.1 Å². The lowest BCUT2D eigenvalue weighted by molar-refractivity contribution is -0.122. The Balaban J connectivity index is 1.95. The van der Waals surface area contributed by atoms with Crippen molar-refractivity contribution in [3.05, 3.63) is 53.1 Å². The van der Waals surface area contributed by atoms with Crippen LogP contribution in [-0.2, 0) is 4.79 Å². The highest BCUT2D eigenvalue weighted by atomic mass is 32.2. The van der Waals surface area contributed by atoms with Crippen molar-refractivity contribution in [2.24, 2.45) is 4.99 Å². The highest BCUT2D eigenvalue weighted by Crippen LogP contribution is 2.35. The van der Waals surface area contributed by atoms with E-state index in [9.17, 15) is 4.79 Å². The van der Waals surface area contributed by atoms with Crippen LogP contribution in [0.2, 0.25) is 0 Å². The Hall–Kier alpha value is -2.80. The summed E-state index contributed by atoms with van der Waals surface area (Å²) in [5, 5.41) is 0.620. The van der Waals surface area contributed by atoms with Gasteiger partial charge >= 0.3 is 0 Å². The van der Waals surface area contributed by atoms with Crippen LogP contribution in [-0.4, -0.2) is 41.7 Å².